The lowest BCUT2D eigenvalue weighted by Gasteiger charge is -2.40. The summed E-state index contributed by atoms with van der Waals surface area (Å²) in [5.74, 6) is 0.898. The number of hydrogen-bond donors (Lipinski definition) is 2. The van der Waals surface area contributed by atoms with Crippen molar-refractivity contribution in [1.29, 1.82) is 0 Å². The van der Waals surface area contributed by atoms with Gasteiger partial charge in [-0.1, -0.05) is 13.3 Å². The van der Waals surface area contributed by atoms with Gasteiger partial charge in [-0.25, -0.2) is 0 Å². The minimum Gasteiger partial charge on any atom is -0.497 e. The minimum atomic E-state index is -0.0723. The third-order valence-corrected chi connectivity index (χ3v) is 5.30. The Kier molecular flexibility index (Phi) is 5.75. The van der Waals surface area contributed by atoms with E-state index in [1.807, 2.05) is 23.9 Å². The van der Waals surface area contributed by atoms with Gasteiger partial charge in [-0.15, -0.1) is 11.8 Å². The van der Waals surface area contributed by atoms with Gasteiger partial charge < -0.3 is 15.2 Å². The summed E-state index contributed by atoms with van der Waals surface area (Å²) < 4.78 is 5.19. The predicted molar refractivity (Wildman–Crippen MR) is 84.6 cm³/mol. The summed E-state index contributed by atoms with van der Waals surface area (Å²) >= 11 is 1.92. The van der Waals surface area contributed by atoms with E-state index in [-0.39, 0.29) is 12.1 Å². The smallest absolute Gasteiger partial charge is 0.118 e. The Balaban J connectivity index is 1.97. The molecule has 0 bridgehead atoms. The van der Waals surface area contributed by atoms with Gasteiger partial charge in [0.2, 0.25) is 0 Å². The first-order chi connectivity index (χ1) is 9.71. The number of aliphatic hydroxyl groups is 1. The van der Waals surface area contributed by atoms with Crippen LogP contribution in [0.15, 0.2) is 29.2 Å². The number of thioether (sulfide) groups is 1. The normalized spacial score (nSPS) is 26.4. The van der Waals surface area contributed by atoms with Crippen molar-refractivity contribution in [2.45, 2.75) is 48.3 Å². The van der Waals surface area contributed by atoms with E-state index >= 15 is 0 Å². The summed E-state index contributed by atoms with van der Waals surface area (Å²) in [6.45, 7) is 3.26. The van der Waals surface area contributed by atoms with Crippen LogP contribution in [0.1, 0.15) is 32.6 Å². The molecule has 0 aromatic heterocycles. The lowest BCUT2D eigenvalue weighted by molar-refractivity contribution is 0.125. The van der Waals surface area contributed by atoms with E-state index in [9.17, 15) is 5.11 Å². The van der Waals surface area contributed by atoms with Gasteiger partial charge >= 0.3 is 0 Å². The van der Waals surface area contributed by atoms with Crippen LogP contribution in [-0.4, -0.2) is 36.2 Å². The zero-order chi connectivity index (χ0) is 14.4. The van der Waals surface area contributed by atoms with Crippen molar-refractivity contribution in [3.63, 3.8) is 0 Å². The van der Waals surface area contributed by atoms with Crippen LogP contribution in [0.3, 0.4) is 0 Å². The molecule has 2 unspecified atom stereocenters. The highest BCUT2D eigenvalue weighted by atomic mass is 32.2. The van der Waals surface area contributed by atoms with Gasteiger partial charge in [-0.05, 0) is 50.1 Å². The van der Waals surface area contributed by atoms with Gasteiger partial charge in [0.25, 0.3) is 0 Å². The minimum absolute atomic E-state index is 0.0723. The van der Waals surface area contributed by atoms with Crippen molar-refractivity contribution < 1.29 is 9.84 Å². The number of aliphatic hydroxyl groups excluding tert-OH is 1. The summed E-state index contributed by atoms with van der Waals surface area (Å²) in [6.07, 6.45) is 4.52. The Morgan fingerprint density at radius 2 is 2.15 bits per heavy atom. The highest BCUT2D eigenvalue weighted by Crippen LogP contribution is 2.38. The Bertz CT molecular complexity index is 405. The molecule has 0 heterocycles. The van der Waals surface area contributed by atoms with E-state index in [1.54, 1.807) is 7.11 Å². The second-order valence-corrected chi connectivity index (χ2v) is 6.85. The second kappa shape index (κ2) is 7.34. The van der Waals surface area contributed by atoms with E-state index in [4.69, 9.17) is 4.74 Å². The fraction of sp³-hybridized carbons (Fsp3) is 0.625. The largest absolute Gasteiger partial charge is 0.497 e. The van der Waals surface area contributed by atoms with Gasteiger partial charge in [0.1, 0.15) is 5.75 Å². The molecular formula is C16H25NO2S. The molecule has 1 saturated carbocycles. The van der Waals surface area contributed by atoms with Gasteiger partial charge in [0.05, 0.1) is 13.7 Å². The Hall–Kier alpha value is -0.710. The molecule has 1 aromatic carbocycles. The van der Waals surface area contributed by atoms with Gasteiger partial charge in [0, 0.05) is 15.7 Å². The molecule has 3 nitrogen and oxygen atoms in total. The zero-order valence-corrected chi connectivity index (χ0v) is 13.2. The molecule has 1 fully saturated rings. The Morgan fingerprint density at radius 3 is 2.75 bits per heavy atom. The topological polar surface area (TPSA) is 41.5 Å². The number of ether oxygens (including phenoxy) is 1. The average molecular weight is 295 g/mol. The molecule has 1 aromatic rings. The van der Waals surface area contributed by atoms with Crippen LogP contribution < -0.4 is 10.1 Å². The number of likely N-dealkylation sites (N-methyl/N-ethyl adjacent to an activating group) is 1. The molecule has 2 rings (SSSR count). The molecule has 0 spiro atoms. The van der Waals surface area contributed by atoms with Crippen molar-refractivity contribution in [3.05, 3.63) is 24.3 Å². The molecule has 112 valence electrons. The second-order valence-electron chi connectivity index (χ2n) is 5.48. The monoisotopic (exact) mass is 295 g/mol. The lowest BCUT2D eigenvalue weighted by Crippen LogP contribution is -2.52. The molecule has 2 N–H and O–H groups in total. The molecule has 1 aliphatic rings. The van der Waals surface area contributed by atoms with Crippen LogP contribution in [0.2, 0.25) is 0 Å². The molecule has 0 saturated heterocycles. The van der Waals surface area contributed by atoms with Crippen molar-refractivity contribution in [2.24, 2.45) is 0 Å². The Labute approximate surface area is 126 Å². The van der Waals surface area contributed by atoms with Crippen LogP contribution in [0.5, 0.6) is 5.75 Å². The molecule has 1 aliphatic carbocycles. The van der Waals surface area contributed by atoms with Crippen LogP contribution in [0, 0.1) is 0 Å². The van der Waals surface area contributed by atoms with E-state index in [1.165, 1.54) is 17.7 Å². The molecule has 0 aliphatic heterocycles. The van der Waals surface area contributed by atoms with Crippen molar-refractivity contribution in [1.82, 2.24) is 5.32 Å². The molecular weight excluding hydrogens is 270 g/mol. The van der Waals surface area contributed by atoms with Gasteiger partial charge in [-0.2, -0.15) is 0 Å². The first-order valence-electron chi connectivity index (χ1n) is 7.38. The summed E-state index contributed by atoms with van der Waals surface area (Å²) in [5, 5.41) is 13.8. The zero-order valence-electron chi connectivity index (χ0n) is 12.4. The van der Waals surface area contributed by atoms with Crippen LogP contribution in [0.4, 0.5) is 0 Å². The molecule has 2 atom stereocenters. The fourth-order valence-corrected chi connectivity index (χ4v) is 4.36. The van der Waals surface area contributed by atoms with Crippen molar-refractivity contribution >= 4 is 11.8 Å². The molecule has 0 radical (unpaired) electrons. The molecule has 20 heavy (non-hydrogen) atoms. The first-order valence-corrected chi connectivity index (χ1v) is 8.26. The van der Waals surface area contributed by atoms with Crippen LogP contribution >= 0.6 is 11.8 Å². The third-order valence-electron chi connectivity index (χ3n) is 4.02. The average Bonchev–Trinajstić information content (AvgIpc) is 2.49. The van der Waals surface area contributed by atoms with E-state index in [2.05, 4.69) is 24.4 Å². The lowest BCUT2D eigenvalue weighted by atomic mass is 9.82. The van der Waals surface area contributed by atoms with Crippen LogP contribution in [-0.2, 0) is 0 Å². The van der Waals surface area contributed by atoms with Gasteiger partial charge in [-0.3, -0.25) is 0 Å². The maximum absolute atomic E-state index is 9.74. The van der Waals surface area contributed by atoms with E-state index < -0.39 is 0 Å². The standard InChI is InChI=1S/C16H25NO2S/c1-3-17-16(12-18)10-4-5-15(11-16)20-14-8-6-13(19-2)7-9-14/h6-9,15,17-18H,3-5,10-12H2,1-2H3. The maximum atomic E-state index is 9.74. The highest BCUT2D eigenvalue weighted by Gasteiger charge is 2.35. The summed E-state index contributed by atoms with van der Waals surface area (Å²) in [4.78, 5) is 1.28. The third kappa shape index (κ3) is 3.90. The quantitative estimate of drug-likeness (QED) is 0.846. The summed E-state index contributed by atoms with van der Waals surface area (Å²) in [7, 11) is 1.69. The molecule has 4 heteroatoms. The maximum Gasteiger partial charge on any atom is 0.118 e. The first kappa shape index (κ1) is 15.7. The summed E-state index contributed by atoms with van der Waals surface area (Å²) in [6, 6.07) is 8.25. The fourth-order valence-electron chi connectivity index (χ4n) is 2.99. The number of nitrogens with one attached hydrogen (secondary N) is 1. The van der Waals surface area contributed by atoms with E-state index in [0.717, 1.165) is 25.1 Å². The van der Waals surface area contributed by atoms with Gasteiger partial charge in [0.15, 0.2) is 0 Å². The van der Waals surface area contributed by atoms with Crippen molar-refractivity contribution in [3.8, 4) is 5.75 Å². The number of rotatable bonds is 6. The summed E-state index contributed by atoms with van der Waals surface area (Å²) in [5.41, 5.74) is -0.0723. The predicted octanol–water partition coefficient (Wildman–Crippen LogP) is 3.07. The number of methoxy groups -OCH3 is 1. The SMILES string of the molecule is CCNC1(CO)CCCC(Sc2ccc(OC)cc2)C1. The molecule has 0 amide bonds. The van der Waals surface area contributed by atoms with Crippen LogP contribution in [0.25, 0.3) is 0 Å². The van der Waals surface area contributed by atoms with Crippen molar-refractivity contribution in [2.75, 3.05) is 20.3 Å². The number of benzene rings is 1. The van der Waals surface area contributed by atoms with E-state index in [0.29, 0.717) is 5.25 Å². The highest BCUT2D eigenvalue weighted by molar-refractivity contribution is 8.00. The Morgan fingerprint density at radius 1 is 1.40 bits per heavy atom. The number of hydrogen-bond acceptors (Lipinski definition) is 4.